The molecule has 0 bridgehead atoms. The minimum absolute atomic E-state index is 0.0343. The summed E-state index contributed by atoms with van der Waals surface area (Å²) in [5, 5.41) is 2.00. The van der Waals surface area contributed by atoms with Gasteiger partial charge < -0.3 is 14.2 Å². The van der Waals surface area contributed by atoms with Crippen LogP contribution in [0.15, 0.2) is 58.3 Å². The number of nitrogens with zero attached hydrogens (tertiary/aromatic N) is 2. The third-order valence-corrected chi connectivity index (χ3v) is 6.57. The number of thiophene rings is 1. The first-order valence-corrected chi connectivity index (χ1v) is 11.0. The molecule has 1 fully saturated rings. The van der Waals surface area contributed by atoms with Crippen molar-refractivity contribution in [3.63, 3.8) is 0 Å². The highest BCUT2D eigenvalue weighted by Gasteiger charge is 2.43. The molecule has 1 aliphatic rings. The van der Waals surface area contributed by atoms with Gasteiger partial charge in [0.1, 0.15) is 11.5 Å². The van der Waals surface area contributed by atoms with Crippen LogP contribution in [0, 0.1) is 19.8 Å². The fourth-order valence-electron chi connectivity index (χ4n) is 4.11. The molecule has 2 unspecified atom stereocenters. The monoisotopic (exact) mass is 422 g/mol. The summed E-state index contributed by atoms with van der Waals surface area (Å²) in [5.74, 6) is 1.39. The average Bonchev–Trinajstić information content (AvgIpc) is 3.40. The van der Waals surface area contributed by atoms with Crippen LogP contribution in [-0.2, 0) is 16.1 Å². The van der Waals surface area contributed by atoms with E-state index in [2.05, 4.69) is 0 Å². The molecule has 1 aromatic carbocycles. The molecule has 0 aliphatic carbocycles. The molecule has 0 spiro atoms. The maximum atomic E-state index is 13.5. The molecule has 1 aliphatic heterocycles. The molecule has 0 radical (unpaired) electrons. The van der Waals surface area contributed by atoms with Crippen LogP contribution in [0.1, 0.15) is 40.8 Å². The molecule has 6 heteroatoms. The second-order valence-corrected chi connectivity index (χ2v) is 8.89. The number of carbonyl (C=O) groups is 2. The number of hydrogen-bond donors (Lipinski definition) is 0. The van der Waals surface area contributed by atoms with Crippen molar-refractivity contribution < 1.29 is 14.0 Å². The van der Waals surface area contributed by atoms with E-state index < -0.39 is 0 Å². The van der Waals surface area contributed by atoms with Crippen LogP contribution in [0.2, 0.25) is 0 Å². The van der Waals surface area contributed by atoms with Gasteiger partial charge in [-0.15, -0.1) is 11.3 Å². The lowest BCUT2D eigenvalue weighted by molar-refractivity contribution is -0.137. The minimum atomic E-state index is -0.303. The van der Waals surface area contributed by atoms with Gasteiger partial charge in [-0.3, -0.25) is 9.59 Å². The predicted octanol–water partition coefficient (Wildman–Crippen LogP) is 5.10. The first-order valence-electron chi connectivity index (χ1n) is 10.2. The van der Waals surface area contributed by atoms with Gasteiger partial charge in [0.25, 0.3) is 0 Å². The summed E-state index contributed by atoms with van der Waals surface area (Å²) in [6.07, 6.45) is 0.907. The Labute approximate surface area is 180 Å². The highest BCUT2D eigenvalue weighted by atomic mass is 32.1. The van der Waals surface area contributed by atoms with E-state index in [-0.39, 0.29) is 23.8 Å². The van der Waals surface area contributed by atoms with E-state index in [1.165, 1.54) is 0 Å². The zero-order valence-electron chi connectivity index (χ0n) is 17.5. The van der Waals surface area contributed by atoms with Crippen LogP contribution in [0.25, 0.3) is 0 Å². The van der Waals surface area contributed by atoms with Gasteiger partial charge in [-0.25, -0.2) is 0 Å². The summed E-state index contributed by atoms with van der Waals surface area (Å²) in [5.41, 5.74) is 1.97. The van der Waals surface area contributed by atoms with Gasteiger partial charge in [0, 0.05) is 24.0 Å². The Bertz CT molecular complexity index is 1020. The van der Waals surface area contributed by atoms with Gasteiger partial charge in [-0.05, 0) is 56.0 Å². The number of rotatable bonds is 5. The third kappa shape index (κ3) is 4.05. The van der Waals surface area contributed by atoms with Crippen molar-refractivity contribution in [2.75, 3.05) is 11.9 Å². The first kappa shape index (κ1) is 20.4. The molecule has 0 N–H and O–H groups in total. The second kappa shape index (κ2) is 8.48. The van der Waals surface area contributed by atoms with Crippen LogP contribution < -0.4 is 4.90 Å². The summed E-state index contributed by atoms with van der Waals surface area (Å²) < 4.78 is 5.65. The maximum absolute atomic E-state index is 13.5. The summed E-state index contributed by atoms with van der Waals surface area (Å²) >= 11 is 1.59. The summed E-state index contributed by atoms with van der Waals surface area (Å²) in [7, 11) is 1.80. The molecule has 2 atom stereocenters. The zero-order chi connectivity index (χ0) is 21.3. The predicted molar refractivity (Wildman–Crippen MR) is 118 cm³/mol. The molecule has 3 aromatic rings. The number of benzene rings is 1. The van der Waals surface area contributed by atoms with E-state index in [4.69, 9.17) is 4.42 Å². The molecule has 0 saturated carbocycles. The van der Waals surface area contributed by atoms with Crippen molar-refractivity contribution in [2.45, 2.75) is 39.3 Å². The summed E-state index contributed by atoms with van der Waals surface area (Å²) in [6.45, 7) is 4.33. The molecule has 2 aromatic heterocycles. The number of furan rings is 1. The van der Waals surface area contributed by atoms with Crippen molar-refractivity contribution in [1.82, 2.24) is 4.90 Å². The Morgan fingerprint density at radius 3 is 2.57 bits per heavy atom. The highest BCUT2D eigenvalue weighted by molar-refractivity contribution is 7.10. The topological polar surface area (TPSA) is 53.8 Å². The Hall–Kier alpha value is -2.86. The molecule has 30 heavy (non-hydrogen) atoms. The Morgan fingerprint density at radius 1 is 1.17 bits per heavy atom. The Balaban J connectivity index is 1.66. The average molecular weight is 423 g/mol. The zero-order valence-corrected chi connectivity index (χ0v) is 18.3. The van der Waals surface area contributed by atoms with Gasteiger partial charge in [0.15, 0.2) is 0 Å². The first-order chi connectivity index (χ1) is 14.4. The van der Waals surface area contributed by atoms with Gasteiger partial charge in [-0.2, -0.15) is 0 Å². The summed E-state index contributed by atoms with van der Waals surface area (Å²) in [6, 6.07) is 15.4. The standard InChI is InChI=1S/C24H26N2O3S/c1-16-6-9-18(10-7-16)26-22(27)13-12-20(23(26)21-5-4-14-30-21)24(28)25(3)15-19-11-8-17(2)29-19/h4-11,14,20,23H,12-13,15H2,1-3H3. The number of hydrogen-bond acceptors (Lipinski definition) is 4. The van der Waals surface area contributed by atoms with Crippen molar-refractivity contribution in [3.8, 4) is 0 Å². The van der Waals surface area contributed by atoms with Crippen LogP contribution in [0.5, 0.6) is 0 Å². The van der Waals surface area contributed by atoms with Crippen molar-refractivity contribution >= 4 is 28.8 Å². The van der Waals surface area contributed by atoms with Crippen LogP contribution >= 0.6 is 11.3 Å². The Kier molecular flexibility index (Phi) is 5.77. The number of piperidine rings is 1. The van der Waals surface area contributed by atoms with Gasteiger partial charge in [0.2, 0.25) is 11.8 Å². The number of carbonyl (C=O) groups excluding carboxylic acids is 2. The highest BCUT2D eigenvalue weighted by Crippen LogP contribution is 2.42. The van der Waals surface area contributed by atoms with E-state index in [0.717, 1.165) is 27.6 Å². The van der Waals surface area contributed by atoms with Crippen LogP contribution in [0.3, 0.4) is 0 Å². The molecule has 1 saturated heterocycles. The van der Waals surface area contributed by atoms with E-state index in [9.17, 15) is 9.59 Å². The Morgan fingerprint density at radius 2 is 1.93 bits per heavy atom. The van der Waals surface area contributed by atoms with Crippen molar-refractivity contribution in [3.05, 3.63) is 75.9 Å². The van der Waals surface area contributed by atoms with Crippen LogP contribution in [-0.4, -0.2) is 23.8 Å². The van der Waals surface area contributed by atoms with Crippen molar-refractivity contribution in [2.24, 2.45) is 5.92 Å². The smallest absolute Gasteiger partial charge is 0.228 e. The molecule has 4 rings (SSSR count). The third-order valence-electron chi connectivity index (χ3n) is 5.63. The van der Waals surface area contributed by atoms with E-state index in [0.29, 0.717) is 19.4 Å². The number of anilines is 1. The van der Waals surface area contributed by atoms with Crippen LogP contribution in [0.4, 0.5) is 5.69 Å². The minimum Gasteiger partial charge on any atom is -0.464 e. The molecule has 156 valence electrons. The molecular formula is C24H26N2O3S. The lowest BCUT2D eigenvalue weighted by Gasteiger charge is -2.41. The van der Waals surface area contributed by atoms with E-state index >= 15 is 0 Å². The number of amides is 2. The summed E-state index contributed by atoms with van der Waals surface area (Å²) in [4.78, 5) is 31.1. The lowest BCUT2D eigenvalue weighted by Crippen LogP contribution is -2.48. The van der Waals surface area contributed by atoms with Gasteiger partial charge in [0.05, 0.1) is 18.5 Å². The van der Waals surface area contributed by atoms with E-state index in [1.807, 2.05) is 72.7 Å². The normalized spacial score (nSPS) is 19.2. The quantitative estimate of drug-likeness (QED) is 0.575. The molecule has 3 heterocycles. The number of aryl methyl sites for hydroxylation is 2. The van der Waals surface area contributed by atoms with Gasteiger partial charge in [-0.1, -0.05) is 23.8 Å². The SMILES string of the molecule is Cc1ccc(N2C(=O)CCC(C(=O)N(C)Cc3ccc(C)o3)C2c2cccs2)cc1. The molecule has 5 nitrogen and oxygen atoms in total. The molecule has 2 amide bonds. The maximum Gasteiger partial charge on any atom is 0.228 e. The molecular weight excluding hydrogens is 396 g/mol. The van der Waals surface area contributed by atoms with Crippen molar-refractivity contribution in [1.29, 1.82) is 0 Å². The second-order valence-electron chi connectivity index (χ2n) is 7.91. The fraction of sp³-hybridized carbons (Fsp3) is 0.333. The van der Waals surface area contributed by atoms with Gasteiger partial charge >= 0.3 is 0 Å². The lowest BCUT2D eigenvalue weighted by atomic mass is 9.86. The fourth-order valence-corrected chi connectivity index (χ4v) is 4.99. The van der Waals surface area contributed by atoms with E-state index in [1.54, 1.807) is 23.3 Å². The largest absolute Gasteiger partial charge is 0.464 e.